The average Bonchev–Trinajstić information content (AvgIpc) is 2.85. The minimum Gasteiger partial charge on any atom is -0.490 e. The van der Waals surface area contributed by atoms with Crippen LogP contribution in [0.15, 0.2) is 44.7 Å². The molecule has 0 bridgehead atoms. The van der Waals surface area contributed by atoms with Crippen LogP contribution in [0.3, 0.4) is 0 Å². The Morgan fingerprint density at radius 3 is 2.69 bits per heavy atom. The Balaban J connectivity index is 2.13. The summed E-state index contributed by atoms with van der Waals surface area (Å²) in [6.45, 7) is 5.25. The van der Waals surface area contributed by atoms with E-state index in [4.69, 9.17) is 9.47 Å². The van der Waals surface area contributed by atoms with Crippen LogP contribution < -0.4 is 15.0 Å². The number of ether oxygens (including phenoxy) is 3. The number of carbonyl (C=O) groups excluding carboxylic acids is 1. The van der Waals surface area contributed by atoms with Gasteiger partial charge in [-0.2, -0.15) is 9.78 Å². The molecule has 11 nitrogen and oxygen atoms in total. The van der Waals surface area contributed by atoms with Gasteiger partial charge in [-0.15, -0.1) is 0 Å². The summed E-state index contributed by atoms with van der Waals surface area (Å²) in [6, 6.07) is 7.92. The van der Waals surface area contributed by atoms with Gasteiger partial charge in [0.05, 0.1) is 35.8 Å². The van der Waals surface area contributed by atoms with Crippen molar-refractivity contribution in [1.29, 1.82) is 0 Å². The quantitative estimate of drug-likeness (QED) is 0.155. The molecule has 3 rings (SSSR count). The predicted molar refractivity (Wildman–Crippen MR) is 137 cm³/mol. The number of esters is 1. The molecule has 0 radical (unpaired) electrons. The number of hydrogen-bond donors (Lipinski definition) is 0. The molecule has 0 aliphatic carbocycles. The summed E-state index contributed by atoms with van der Waals surface area (Å²) in [4.78, 5) is 40.8. The lowest BCUT2D eigenvalue weighted by atomic mass is 10.1. The highest BCUT2D eigenvalue weighted by molar-refractivity contribution is 9.10. The summed E-state index contributed by atoms with van der Waals surface area (Å²) in [6.07, 6.45) is 1.44. The number of fused-ring (bicyclic) bond motifs is 1. The molecule has 2 aromatic carbocycles. The minimum atomic E-state index is -1.11. The summed E-state index contributed by atoms with van der Waals surface area (Å²) < 4.78 is 17.6. The van der Waals surface area contributed by atoms with Crippen LogP contribution in [0, 0.1) is 10.1 Å². The van der Waals surface area contributed by atoms with Crippen molar-refractivity contribution >= 4 is 44.7 Å². The topological polar surface area (TPSA) is 135 Å². The van der Waals surface area contributed by atoms with Gasteiger partial charge in [-0.25, -0.2) is 9.78 Å². The van der Waals surface area contributed by atoms with Crippen LogP contribution in [-0.2, 0) is 16.0 Å². The van der Waals surface area contributed by atoms with Gasteiger partial charge in [0.25, 0.3) is 5.56 Å². The summed E-state index contributed by atoms with van der Waals surface area (Å²) in [7, 11) is 1.19. The molecule has 0 spiro atoms. The second kappa shape index (κ2) is 11.8. The molecule has 0 aliphatic heterocycles. The normalized spacial score (nSPS) is 12.0. The van der Waals surface area contributed by atoms with Crippen molar-refractivity contribution in [3.05, 3.63) is 66.7 Å². The number of nitro benzene ring substituents is 1. The van der Waals surface area contributed by atoms with Crippen molar-refractivity contribution in [3.63, 3.8) is 0 Å². The maximum Gasteiger partial charge on any atom is 0.346 e. The minimum absolute atomic E-state index is 0.0469. The first-order valence-corrected chi connectivity index (χ1v) is 11.9. The maximum absolute atomic E-state index is 13.2. The van der Waals surface area contributed by atoms with Crippen LogP contribution in [0.25, 0.3) is 10.9 Å². The van der Waals surface area contributed by atoms with Gasteiger partial charge >= 0.3 is 11.7 Å². The molecule has 12 heteroatoms. The lowest BCUT2D eigenvalue weighted by molar-refractivity contribution is -0.386. The molecule has 0 fully saturated rings. The standard InChI is InChI=1S/C24H25BrN4O7/c1-5-7-21-27-18-9-8-16(25)12-17(18)23(30)28(21)26-13-15-10-19(29(32)33)22(20(11-15)35-6-2)36-14(3)24(31)34-4/h8-14H,5-7H2,1-4H3/t14-/m1/s1. The van der Waals surface area contributed by atoms with Crippen molar-refractivity contribution < 1.29 is 23.9 Å². The Hall–Kier alpha value is -3.80. The first kappa shape index (κ1) is 26.8. The SMILES string of the molecule is CCCc1nc2ccc(Br)cc2c(=O)n1N=Cc1cc(OCC)c(O[C@H](C)C(=O)OC)c([N+](=O)[O-])c1. The second-order valence-corrected chi connectivity index (χ2v) is 8.56. The van der Waals surface area contributed by atoms with Crippen molar-refractivity contribution in [3.8, 4) is 11.5 Å². The number of aromatic nitrogens is 2. The molecule has 3 aromatic rings. The van der Waals surface area contributed by atoms with Gasteiger partial charge in [-0.05, 0) is 44.5 Å². The number of hydrogen-bond acceptors (Lipinski definition) is 9. The number of rotatable bonds is 10. The lowest BCUT2D eigenvalue weighted by Crippen LogP contribution is -2.25. The van der Waals surface area contributed by atoms with E-state index in [0.717, 1.165) is 10.9 Å². The monoisotopic (exact) mass is 560 g/mol. The van der Waals surface area contributed by atoms with Gasteiger partial charge in [0.15, 0.2) is 11.9 Å². The first-order chi connectivity index (χ1) is 17.2. The van der Waals surface area contributed by atoms with E-state index in [1.165, 1.54) is 37.1 Å². The second-order valence-electron chi connectivity index (χ2n) is 7.64. The molecular formula is C24H25BrN4O7. The maximum atomic E-state index is 13.2. The van der Waals surface area contributed by atoms with E-state index in [0.29, 0.717) is 23.1 Å². The number of benzene rings is 2. The van der Waals surface area contributed by atoms with E-state index in [9.17, 15) is 19.7 Å². The molecule has 0 saturated carbocycles. The fourth-order valence-electron chi connectivity index (χ4n) is 3.41. The molecular weight excluding hydrogens is 536 g/mol. The highest BCUT2D eigenvalue weighted by Gasteiger charge is 2.27. The highest BCUT2D eigenvalue weighted by atomic mass is 79.9. The molecule has 1 atom stereocenters. The van der Waals surface area contributed by atoms with Crippen LogP contribution in [0.5, 0.6) is 11.5 Å². The number of halogens is 1. The van der Waals surface area contributed by atoms with E-state index in [-0.39, 0.29) is 29.2 Å². The zero-order valence-electron chi connectivity index (χ0n) is 20.2. The van der Waals surface area contributed by atoms with E-state index in [1.54, 1.807) is 25.1 Å². The number of nitro groups is 1. The third-order valence-electron chi connectivity index (χ3n) is 5.05. The van der Waals surface area contributed by atoms with Crippen molar-refractivity contribution in [2.24, 2.45) is 5.10 Å². The van der Waals surface area contributed by atoms with Crippen molar-refractivity contribution in [2.45, 2.75) is 39.7 Å². The van der Waals surface area contributed by atoms with Gasteiger partial charge in [0.2, 0.25) is 5.75 Å². The molecule has 0 aliphatic rings. The Morgan fingerprint density at radius 2 is 2.06 bits per heavy atom. The molecule has 1 aromatic heterocycles. The fraction of sp³-hybridized carbons (Fsp3) is 0.333. The molecule has 190 valence electrons. The van der Waals surface area contributed by atoms with Crippen molar-refractivity contribution in [2.75, 3.05) is 13.7 Å². The molecule has 1 heterocycles. The van der Waals surface area contributed by atoms with E-state index in [1.807, 2.05) is 6.92 Å². The Morgan fingerprint density at radius 1 is 1.31 bits per heavy atom. The largest absolute Gasteiger partial charge is 0.490 e. The molecule has 0 saturated heterocycles. The Kier molecular flexibility index (Phi) is 8.75. The van der Waals surface area contributed by atoms with E-state index >= 15 is 0 Å². The van der Waals surface area contributed by atoms with Gasteiger partial charge in [0.1, 0.15) is 5.82 Å². The van der Waals surface area contributed by atoms with Crippen molar-refractivity contribution in [1.82, 2.24) is 9.66 Å². The zero-order valence-corrected chi connectivity index (χ0v) is 21.8. The van der Waals surface area contributed by atoms with E-state index < -0.39 is 22.7 Å². The number of aryl methyl sites for hydroxylation is 1. The number of methoxy groups -OCH3 is 1. The lowest BCUT2D eigenvalue weighted by Gasteiger charge is -2.16. The summed E-state index contributed by atoms with van der Waals surface area (Å²) in [5, 5.41) is 16.5. The summed E-state index contributed by atoms with van der Waals surface area (Å²) in [5.41, 5.74) is 0.0349. The summed E-state index contributed by atoms with van der Waals surface area (Å²) >= 11 is 3.36. The molecule has 36 heavy (non-hydrogen) atoms. The molecule has 0 unspecified atom stereocenters. The van der Waals surface area contributed by atoms with Gasteiger partial charge in [0, 0.05) is 22.5 Å². The predicted octanol–water partition coefficient (Wildman–Crippen LogP) is 4.24. The third kappa shape index (κ3) is 5.88. The Labute approximate surface area is 215 Å². The van der Waals surface area contributed by atoms with Crippen LogP contribution in [0.4, 0.5) is 5.69 Å². The number of carbonyl (C=O) groups is 1. The zero-order chi connectivity index (χ0) is 26.4. The number of nitrogens with zero attached hydrogens (tertiary/aromatic N) is 4. The van der Waals surface area contributed by atoms with Crippen LogP contribution >= 0.6 is 15.9 Å². The van der Waals surface area contributed by atoms with Gasteiger partial charge in [-0.3, -0.25) is 14.9 Å². The van der Waals surface area contributed by atoms with Gasteiger partial charge in [-0.1, -0.05) is 22.9 Å². The molecule has 0 amide bonds. The molecule has 0 N–H and O–H groups in total. The van der Waals surface area contributed by atoms with E-state index in [2.05, 4.69) is 30.8 Å². The van der Waals surface area contributed by atoms with Crippen LogP contribution in [0.2, 0.25) is 0 Å². The Bertz CT molecular complexity index is 1390. The van der Waals surface area contributed by atoms with Gasteiger partial charge < -0.3 is 14.2 Å². The van der Waals surface area contributed by atoms with Crippen LogP contribution in [0.1, 0.15) is 38.6 Å². The fourth-order valence-corrected chi connectivity index (χ4v) is 3.78. The third-order valence-corrected chi connectivity index (χ3v) is 5.55. The smallest absolute Gasteiger partial charge is 0.346 e. The summed E-state index contributed by atoms with van der Waals surface area (Å²) in [5.74, 6) is -0.404. The first-order valence-electron chi connectivity index (χ1n) is 11.1. The average molecular weight is 561 g/mol. The highest BCUT2D eigenvalue weighted by Crippen LogP contribution is 2.39. The van der Waals surface area contributed by atoms with Crippen LogP contribution in [-0.4, -0.2) is 46.6 Å².